The van der Waals surface area contributed by atoms with E-state index in [1.54, 1.807) is 4.90 Å². The molecular formula is C19H23ClN4O3. The molecule has 3 rings (SSSR count). The van der Waals surface area contributed by atoms with Gasteiger partial charge >= 0.3 is 0 Å². The van der Waals surface area contributed by atoms with Crippen molar-refractivity contribution in [2.45, 2.75) is 39.3 Å². The molecule has 0 spiro atoms. The van der Waals surface area contributed by atoms with Crippen LogP contribution >= 0.6 is 11.6 Å². The highest BCUT2D eigenvalue weighted by molar-refractivity contribution is 6.30. The Labute approximate surface area is 162 Å². The van der Waals surface area contributed by atoms with Crippen LogP contribution in [0.4, 0.5) is 5.95 Å². The van der Waals surface area contributed by atoms with E-state index in [9.17, 15) is 9.59 Å². The second kappa shape index (κ2) is 8.00. The zero-order valence-corrected chi connectivity index (χ0v) is 16.4. The summed E-state index contributed by atoms with van der Waals surface area (Å²) in [7, 11) is 1.42. The van der Waals surface area contributed by atoms with Gasteiger partial charge in [-0.05, 0) is 24.6 Å². The first-order chi connectivity index (χ1) is 12.9. The van der Waals surface area contributed by atoms with Crippen molar-refractivity contribution < 1.29 is 9.63 Å². The Morgan fingerprint density at radius 2 is 2.07 bits per heavy atom. The summed E-state index contributed by atoms with van der Waals surface area (Å²) in [5, 5.41) is 3.90. The highest BCUT2D eigenvalue weighted by atomic mass is 35.5. The van der Waals surface area contributed by atoms with E-state index in [2.05, 4.69) is 10.3 Å². The first-order valence-electron chi connectivity index (χ1n) is 8.93. The van der Waals surface area contributed by atoms with Crippen molar-refractivity contribution in [3.05, 3.63) is 56.5 Å². The number of nitrogens with zero attached hydrogens (tertiary/aromatic N) is 3. The van der Waals surface area contributed by atoms with Crippen LogP contribution in [0.25, 0.3) is 0 Å². The van der Waals surface area contributed by atoms with Crippen molar-refractivity contribution in [2.24, 2.45) is 0 Å². The number of amides is 1. The molecule has 0 aliphatic carbocycles. The molecular weight excluding hydrogens is 368 g/mol. The van der Waals surface area contributed by atoms with Crippen LogP contribution in [-0.2, 0) is 17.8 Å². The molecule has 1 unspecified atom stereocenters. The topological polar surface area (TPSA) is 76.5 Å². The van der Waals surface area contributed by atoms with Crippen LogP contribution in [0.3, 0.4) is 0 Å². The van der Waals surface area contributed by atoms with Crippen LogP contribution in [0, 0.1) is 0 Å². The van der Waals surface area contributed by atoms with E-state index >= 15 is 0 Å². The van der Waals surface area contributed by atoms with Crippen LogP contribution < -0.4 is 15.7 Å². The molecule has 1 amide bonds. The summed E-state index contributed by atoms with van der Waals surface area (Å²) in [6.07, 6.45) is 0.963. The molecule has 144 valence electrons. The van der Waals surface area contributed by atoms with E-state index in [0.29, 0.717) is 41.6 Å². The quantitative estimate of drug-likeness (QED) is 0.848. The number of hydrogen-bond acceptors (Lipinski definition) is 5. The molecule has 27 heavy (non-hydrogen) atoms. The van der Waals surface area contributed by atoms with Gasteiger partial charge in [-0.15, -0.1) is 4.73 Å². The molecule has 8 heteroatoms. The molecule has 0 bridgehead atoms. The fourth-order valence-corrected chi connectivity index (χ4v) is 3.31. The van der Waals surface area contributed by atoms with Crippen LogP contribution in [-0.4, -0.2) is 34.2 Å². The zero-order valence-electron chi connectivity index (χ0n) is 15.7. The number of rotatable bonds is 5. The van der Waals surface area contributed by atoms with Gasteiger partial charge in [0, 0.05) is 24.4 Å². The van der Waals surface area contributed by atoms with Gasteiger partial charge in [0.2, 0.25) is 11.9 Å². The minimum atomic E-state index is -0.290. The molecule has 7 nitrogen and oxygen atoms in total. The number of benzene rings is 1. The molecule has 1 N–H and O–H groups in total. The third kappa shape index (κ3) is 3.93. The average molecular weight is 391 g/mol. The first kappa shape index (κ1) is 19.2. The predicted octanol–water partition coefficient (Wildman–Crippen LogP) is 2.42. The Kier molecular flexibility index (Phi) is 5.70. The van der Waals surface area contributed by atoms with Gasteiger partial charge < -0.3 is 15.1 Å². The molecule has 0 saturated carbocycles. The molecule has 0 saturated heterocycles. The monoisotopic (exact) mass is 390 g/mol. The molecule has 1 aromatic carbocycles. The van der Waals surface area contributed by atoms with Gasteiger partial charge in [0.25, 0.3) is 5.56 Å². The average Bonchev–Trinajstić information content (AvgIpc) is 2.68. The third-order valence-electron chi connectivity index (χ3n) is 4.75. The van der Waals surface area contributed by atoms with Gasteiger partial charge in [0.1, 0.15) is 7.11 Å². The Morgan fingerprint density at radius 1 is 1.37 bits per heavy atom. The summed E-state index contributed by atoms with van der Waals surface area (Å²) in [4.78, 5) is 36.4. The lowest BCUT2D eigenvalue weighted by atomic mass is 10.1. The highest BCUT2D eigenvalue weighted by Crippen LogP contribution is 2.21. The molecule has 1 aromatic heterocycles. The minimum Gasteiger partial charge on any atom is -0.411 e. The third-order valence-corrected chi connectivity index (χ3v) is 5.00. The van der Waals surface area contributed by atoms with E-state index in [0.717, 1.165) is 10.3 Å². The molecule has 1 atom stereocenters. The summed E-state index contributed by atoms with van der Waals surface area (Å²) in [6.45, 7) is 4.62. The maximum absolute atomic E-state index is 12.9. The SMILES string of the molecule is CCC(=O)N1CCc2nc(NC(C)c3ccc(Cl)cc3)n(OC)c(=O)c2C1. The Morgan fingerprint density at radius 3 is 2.70 bits per heavy atom. The molecule has 1 aliphatic heterocycles. The molecule has 2 aromatic rings. The predicted molar refractivity (Wildman–Crippen MR) is 104 cm³/mol. The first-order valence-corrected chi connectivity index (χ1v) is 9.31. The summed E-state index contributed by atoms with van der Waals surface area (Å²) in [5.41, 5.74) is 1.93. The Bertz CT molecular complexity index is 895. The van der Waals surface area contributed by atoms with Crippen molar-refractivity contribution >= 4 is 23.5 Å². The smallest absolute Gasteiger partial charge is 0.293 e. The normalized spacial score (nSPS) is 14.4. The number of fused-ring (bicyclic) bond motifs is 1. The second-order valence-corrected chi connectivity index (χ2v) is 6.92. The maximum Gasteiger partial charge on any atom is 0.293 e. The fraction of sp³-hybridized carbons (Fsp3) is 0.421. The number of carbonyl (C=O) groups excluding carboxylic acids is 1. The number of carbonyl (C=O) groups is 1. The van der Waals surface area contributed by atoms with Gasteiger partial charge in [-0.25, -0.2) is 4.98 Å². The number of aromatic nitrogens is 2. The fourth-order valence-electron chi connectivity index (χ4n) is 3.18. The van der Waals surface area contributed by atoms with Crippen molar-refractivity contribution in [2.75, 3.05) is 19.0 Å². The molecule has 2 heterocycles. The van der Waals surface area contributed by atoms with Crippen molar-refractivity contribution in [3.8, 4) is 0 Å². The lowest BCUT2D eigenvalue weighted by molar-refractivity contribution is -0.131. The lowest BCUT2D eigenvalue weighted by Gasteiger charge is -2.29. The van der Waals surface area contributed by atoms with Crippen LogP contribution in [0.15, 0.2) is 29.1 Å². The maximum atomic E-state index is 12.9. The number of anilines is 1. The number of nitrogens with one attached hydrogen (secondary N) is 1. The van der Waals surface area contributed by atoms with E-state index in [1.165, 1.54) is 7.11 Å². The Hall–Kier alpha value is -2.54. The van der Waals surface area contributed by atoms with Crippen molar-refractivity contribution in [1.29, 1.82) is 0 Å². The van der Waals surface area contributed by atoms with Gasteiger partial charge in [-0.2, -0.15) is 0 Å². The van der Waals surface area contributed by atoms with Crippen molar-refractivity contribution in [3.63, 3.8) is 0 Å². The van der Waals surface area contributed by atoms with E-state index in [1.807, 2.05) is 38.1 Å². The van der Waals surface area contributed by atoms with E-state index in [4.69, 9.17) is 16.4 Å². The highest BCUT2D eigenvalue weighted by Gasteiger charge is 2.26. The van der Waals surface area contributed by atoms with E-state index < -0.39 is 0 Å². The summed E-state index contributed by atoms with van der Waals surface area (Å²) < 4.78 is 1.14. The van der Waals surface area contributed by atoms with Crippen LogP contribution in [0.5, 0.6) is 0 Å². The zero-order chi connectivity index (χ0) is 19.6. The molecule has 1 aliphatic rings. The largest absolute Gasteiger partial charge is 0.411 e. The van der Waals surface area contributed by atoms with Gasteiger partial charge in [-0.3, -0.25) is 9.59 Å². The Balaban J connectivity index is 1.91. The lowest BCUT2D eigenvalue weighted by Crippen LogP contribution is -2.42. The molecule has 0 fully saturated rings. The van der Waals surface area contributed by atoms with Crippen LogP contribution in [0.1, 0.15) is 43.1 Å². The minimum absolute atomic E-state index is 0.0302. The van der Waals surface area contributed by atoms with E-state index in [-0.39, 0.29) is 24.1 Å². The van der Waals surface area contributed by atoms with Crippen LogP contribution in [0.2, 0.25) is 5.02 Å². The van der Waals surface area contributed by atoms with Gasteiger partial charge in [0.15, 0.2) is 0 Å². The second-order valence-electron chi connectivity index (χ2n) is 6.48. The summed E-state index contributed by atoms with van der Waals surface area (Å²) in [5.74, 6) is 0.376. The number of hydrogen-bond donors (Lipinski definition) is 1. The number of halogens is 1. The van der Waals surface area contributed by atoms with Gasteiger partial charge in [-0.1, -0.05) is 30.7 Å². The molecule has 0 radical (unpaired) electrons. The summed E-state index contributed by atoms with van der Waals surface area (Å²) >= 11 is 5.94. The van der Waals surface area contributed by atoms with Gasteiger partial charge in [0.05, 0.1) is 23.8 Å². The standard InChI is InChI=1S/C19H23ClN4O3/c1-4-17(25)23-10-9-16-15(11-23)18(26)24(27-3)19(22-16)21-12(2)13-5-7-14(20)8-6-13/h5-8,12H,4,9-11H2,1-3H3,(H,21,22). The van der Waals surface area contributed by atoms with Crippen molar-refractivity contribution in [1.82, 2.24) is 14.6 Å². The summed E-state index contributed by atoms with van der Waals surface area (Å²) in [6, 6.07) is 7.37.